The normalized spacial score (nSPS) is 17.0. The molecule has 4 nitrogen and oxygen atoms in total. The van der Waals surface area contributed by atoms with E-state index in [1.54, 1.807) is 11.8 Å². The average Bonchev–Trinajstić information content (AvgIpc) is 3.10. The van der Waals surface area contributed by atoms with E-state index in [1.807, 2.05) is 55.5 Å². The van der Waals surface area contributed by atoms with Crippen molar-refractivity contribution in [3.63, 3.8) is 0 Å². The Labute approximate surface area is 140 Å². The first-order valence-electron chi connectivity index (χ1n) is 7.64. The highest BCUT2D eigenvalue weighted by atomic mass is 32.2. The molecule has 0 saturated carbocycles. The van der Waals surface area contributed by atoms with Crippen LogP contribution in [0.4, 0.5) is 0 Å². The van der Waals surface area contributed by atoms with Gasteiger partial charge in [0, 0.05) is 23.7 Å². The first-order valence-corrected chi connectivity index (χ1v) is 8.80. The number of rotatable bonds is 5. The van der Waals surface area contributed by atoms with E-state index in [9.17, 15) is 4.79 Å². The summed E-state index contributed by atoms with van der Waals surface area (Å²) in [6.07, 6.45) is 0. The van der Waals surface area contributed by atoms with E-state index in [-0.39, 0.29) is 11.9 Å². The number of hydrogen-bond acceptors (Lipinski definition) is 4. The predicted molar refractivity (Wildman–Crippen MR) is 93.8 cm³/mol. The Hall–Kier alpha value is -1.98. The van der Waals surface area contributed by atoms with Crippen LogP contribution < -0.4 is 15.4 Å². The number of thioether (sulfide) groups is 1. The maximum Gasteiger partial charge on any atom is 0.238 e. The molecule has 0 aromatic heterocycles. The van der Waals surface area contributed by atoms with Crippen molar-refractivity contribution in [2.24, 2.45) is 0 Å². The van der Waals surface area contributed by atoms with Crippen LogP contribution in [-0.4, -0.2) is 23.6 Å². The largest absolute Gasteiger partial charge is 0.457 e. The molecule has 1 atom stereocenters. The van der Waals surface area contributed by atoms with Crippen molar-refractivity contribution in [2.75, 3.05) is 11.6 Å². The summed E-state index contributed by atoms with van der Waals surface area (Å²) in [4.78, 5) is 12.1. The molecule has 1 heterocycles. The highest BCUT2D eigenvalue weighted by Crippen LogP contribution is 2.27. The lowest BCUT2D eigenvalue weighted by Gasteiger charge is -2.14. The van der Waals surface area contributed by atoms with Crippen molar-refractivity contribution < 1.29 is 9.53 Å². The minimum absolute atomic E-state index is 0.0423. The highest BCUT2D eigenvalue weighted by Gasteiger charge is 2.22. The molecule has 1 unspecified atom stereocenters. The van der Waals surface area contributed by atoms with E-state index >= 15 is 0 Å². The lowest BCUT2D eigenvalue weighted by molar-refractivity contribution is -0.122. The van der Waals surface area contributed by atoms with Gasteiger partial charge in [0.05, 0.1) is 6.04 Å². The summed E-state index contributed by atoms with van der Waals surface area (Å²) in [5.74, 6) is 3.31. The minimum atomic E-state index is -0.0931. The maximum atomic E-state index is 12.1. The molecule has 0 bridgehead atoms. The zero-order valence-corrected chi connectivity index (χ0v) is 13.9. The van der Waals surface area contributed by atoms with Gasteiger partial charge in [-0.25, -0.2) is 0 Å². The van der Waals surface area contributed by atoms with Crippen LogP contribution in [0.5, 0.6) is 11.5 Å². The second-order valence-corrected chi connectivity index (χ2v) is 6.50. The Balaban J connectivity index is 1.68. The van der Waals surface area contributed by atoms with Crippen molar-refractivity contribution in [1.29, 1.82) is 0 Å². The van der Waals surface area contributed by atoms with Crippen LogP contribution in [0.1, 0.15) is 11.1 Å². The molecule has 2 N–H and O–H groups in total. The van der Waals surface area contributed by atoms with E-state index in [2.05, 4.69) is 10.6 Å². The van der Waals surface area contributed by atoms with Crippen molar-refractivity contribution in [3.05, 3.63) is 59.7 Å². The molecule has 1 aliphatic rings. The van der Waals surface area contributed by atoms with Crippen LogP contribution in [0.15, 0.2) is 48.5 Å². The Kier molecular flexibility index (Phi) is 5.20. The fraction of sp³-hybridized carbons (Fsp3) is 0.278. The maximum absolute atomic E-state index is 12.1. The molecule has 1 fully saturated rings. The zero-order valence-electron chi connectivity index (χ0n) is 13.0. The number of para-hydroxylation sites is 2. The SMILES string of the molecule is Cc1ccccc1Oc1ccccc1CNC(=O)C1CSCN1. The van der Waals surface area contributed by atoms with Gasteiger partial charge in [0.2, 0.25) is 5.91 Å². The van der Waals surface area contributed by atoms with Crippen molar-refractivity contribution in [3.8, 4) is 11.5 Å². The quantitative estimate of drug-likeness (QED) is 0.886. The highest BCUT2D eigenvalue weighted by molar-refractivity contribution is 7.99. The van der Waals surface area contributed by atoms with Gasteiger partial charge in [-0.3, -0.25) is 10.1 Å². The molecule has 0 aliphatic carbocycles. The van der Waals surface area contributed by atoms with Gasteiger partial charge in [-0.1, -0.05) is 36.4 Å². The minimum Gasteiger partial charge on any atom is -0.457 e. The molecule has 0 radical (unpaired) electrons. The van der Waals surface area contributed by atoms with Gasteiger partial charge in [-0.05, 0) is 24.6 Å². The van der Waals surface area contributed by atoms with Gasteiger partial charge in [-0.2, -0.15) is 0 Å². The number of ether oxygens (including phenoxy) is 1. The third-order valence-corrected chi connectivity index (χ3v) is 4.71. The monoisotopic (exact) mass is 328 g/mol. The molecule has 0 spiro atoms. The van der Waals surface area contributed by atoms with E-state index in [4.69, 9.17) is 4.74 Å². The van der Waals surface area contributed by atoms with E-state index in [0.29, 0.717) is 6.54 Å². The molecule has 120 valence electrons. The Bertz CT molecular complexity index is 684. The van der Waals surface area contributed by atoms with E-state index in [0.717, 1.165) is 34.3 Å². The molecule has 2 aromatic carbocycles. The van der Waals surface area contributed by atoms with Crippen LogP contribution in [0.3, 0.4) is 0 Å². The van der Waals surface area contributed by atoms with Crippen LogP contribution in [0.25, 0.3) is 0 Å². The number of benzene rings is 2. The summed E-state index contributed by atoms with van der Waals surface area (Å²) in [6, 6.07) is 15.6. The third kappa shape index (κ3) is 4.06. The lowest BCUT2D eigenvalue weighted by Crippen LogP contribution is -2.41. The van der Waals surface area contributed by atoms with Gasteiger partial charge < -0.3 is 10.1 Å². The van der Waals surface area contributed by atoms with E-state index in [1.165, 1.54) is 0 Å². The Morgan fingerprint density at radius 2 is 1.96 bits per heavy atom. The summed E-state index contributed by atoms with van der Waals surface area (Å²) >= 11 is 1.74. The fourth-order valence-electron chi connectivity index (χ4n) is 2.41. The molecule has 2 aromatic rings. The summed E-state index contributed by atoms with van der Waals surface area (Å²) in [6.45, 7) is 2.48. The molecule has 1 aliphatic heterocycles. The zero-order chi connectivity index (χ0) is 16.1. The first-order chi connectivity index (χ1) is 11.2. The second kappa shape index (κ2) is 7.53. The number of amides is 1. The van der Waals surface area contributed by atoms with E-state index < -0.39 is 0 Å². The number of aryl methyl sites for hydroxylation is 1. The van der Waals surface area contributed by atoms with Crippen LogP contribution >= 0.6 is 11.8 Å². The molecule has 23 heavy (non-hydrogen) atoms. The summed E-state index contributed by atoms with van der Waals surface area (Å²) in [5.41, 5.74) is 2.05. The topological polar surface area (TPSA) is 50.4 Å². The van der Waals surface area contributed by atoms with Gasteiger partial charge >= 0.3 is 0 Å². The smallest absolute Gasteiger partial charge is 0.238 e. The van der Waals surface area contributed by atoms with Crippen LogP contribution in [-0.2, 0) is 11.3 Å². The number of carbonyl (C=O) groups is 1. The van der Waals surface area contributed by atoms with Gasteiger partial charge in [0.15, 0.2) is 0 Å². The van der Waals surface area contributed by atoms with Crippen molar-refractivity contribution in [2.45, 2.75) is 19.5 Å². The number of nitrogens with one attached hydrogen (secondary N) is 2. The van der Waals surface area contributed by atoms with Crippen molar-refractivity contribution in [1.82, 2.24) is 10.6 Å². The van der Waals surface area contributed by atoms with Crippen LogP contribution in [0.2, 0.25) is 0 Å². The second-order valence-electron chi connectivity index (χ2n) is 5.46. The molecular weight excluding hydrogens is 308 g/mol. The number of hydrogen-bond donors (Lipinski definition) is 2. The molecule has 1 amide bonds. The lowest BCUT2D eigenvalue weighted by atomic mass is 10.2. The number of carbonyl (C=O) groups excluding carboxylic acids is 1. The molecular formula is C18H20N2O2S. The Morgan fingerprint density at radius 3 is 2.70 bits per heavy atom. The summed E-state index contributed by atoms with van der Waals surface area (Å²) < 4.78 is 6.03. The Morgan fingerprint density at radius 1 is 1.22 bits per heavy atom. The van der Waals surface area contributed by atoms with Crippen LogP contribution in [0, 0.1) is 6.92 Å². The average molecular weight is 328 g/mol. The van der Waals surface area contributed by atoms with Gasteiger partial charge in [0.25, 0.3) is 0 Å². The summed E-state index contributed by atoms with van der Waals surface area (Å²) in [5, 5.41) is 6.16. The standard InChI is InChI=1S/C18H20N2O2S/c1-13-6-2-4-8-16(13)22-17-9-5-3-7-14(17)10-19-18(21)15-11-23-12-20-15/h2-9,15,20H,10-12H2,1H3,(H,19,21). The van der Waals surface area contributed by atoms with Gasteiger partial charge in [0.1, 0.15) is 11.5 Å². The summed E-state index contributed by atoms with van der Waals surface area (Å²) in [7, 11) is 0. The molecule has 3 rings (SSSR count). The van der Waals surface area contributed by atoms with Crippen molar-refractivity contribution >= 4 is 17.7 Å². The third-order valence-electron chi connectivity index (χ3n) is 3.77. The first kappa shape index (κ1) is 15.9. The molecule has 1 saturated heterocycles. The fourth-order valence-corrected chi connectivity index (χ4v) is 3.35. The molecule has 5 heteroatoms. The predicted octanol–water partition coefficient (Wildman–Crippen LogP) is 3.07. The van der Waals surface area contributed by atoms with Gasteiger partial charge in [-0.15, -0.1) is 11.8 Å².